The van der Waals surface area contributed by atoms with Crippen LogP contribution in [0.2, 0.25) is 0 Å². The number of likely N-dealkylation sites (N-methyl/N-ethyl adjacent to an activating group) is 1. The fourth-order valence-electron chi connectivity index (χ4n) is 4.85. The van der Waals surface area contributed by atoms with Gasteiger partial charge in [-0.15, -0.1) is 0 Å². The first-order valence-electron chi connectivity index (χ1n) is 11.3. The molecule has 1 spiro atoms. The molecular weight excluding hydrogens is 404 g/mol. The van der Waals surface area contributed by atoms with Crippen molar-refractivity contribution < 1.29 is 19.1 Å². The molecule has 32 heavy (non-hydrogen) atoms. The van der Waals surface area contributed by atoms with Gasteiger partial charge in [0.15, 0.2) is 0 Å². The van der Waals surface area contributed by atoms with Crippen LogP contribution in [0.15, 0.2) is 48.5 Å². The highest BCUT2D eigenvalue weighted by atomic mass is 16.5. The molecule has 0 aromatic heterocycles. The summed E-state index contributed by atoms with van der Waals surface area (Å²) < 4.78 is 11.8. The number of ether oxygens (including phenoxy) is 2. The molecule has 4 rings (SSSR count). The summed E-state index contributed by atoms with van der Waals surface area (Å²) in [7, 11) is 3.54. The summed E-state index contributed by atoms with van der Waals surface area (Å²) in [5.41, 5.74) is 1.64. The van der Waals surface area contributed by atoms with Crippen molar-refractivity contribution in [2.24, 2.45) is 0 Å². The average Bonchev–Trinajstić information content (AvgIpc) is 2.96. The summed E-state index contributed by atoms with van der Waals surface area (Å²) in [6.45, 7) is 2.79. The topological polar surface area (TPSA) is 59.1 Å². The van der Waals surface area contributed by atoms with Gasteiger partial charge < -0.3 is 19.3 Å². The van der Waals surface area contributed by atoms with Crippen molar-refractivity contribution >= 4 is 11.8 Å². The predicted molar refractivity (Wildman–Crippen MR) is 123 cm³/mol. The van der Waals surface area contributed by atoms with Gasteiger partial charge in [0, 0.05) is 32.1 Å². The van der Waals surface area contributed by atoms with E-state index < -0.39 is 5.60 Å². The van der Waals surface area contributed by atoms with E-state index in [9.17, 15) is 9.59 Å². The van der Waals surface area contributed by atoms with Gasteiger partial charge in [0.1, 0.15) is 17.1 Å². The Morgan fingerprint density at radius 1 is 1.12 bits per heavy atom. The molecule has 2 amide bonds. The van der Waals surface area contributed by atoms with Crippen molar-refractivity contribution in [1.82, 2.24) is 9.80 Å². The van der Waals surface area contributed by atoms with E-state index in [0.717, 1.165) is 48.3 Å². The van der Waals surface area contributed by atoms with E-state index in [-0.39, 0.29) is 17.9 Å². The molecule has 6 nitrogen and oxygen atoms in total. The molecule has 1 aliphatic carbocycles. The lowest BCUT2D eigenvalue weighted by Gasteiger charge is -2.43. The van der Waals surface area contributed by atoms with E-state index in [1.807, 2.05) is 65.4 Å². The van der Waals surface area contributed by atoms with Crippen LogP contribution < -0.4 is 9.47 Å². The monoisotopic (exact) mass is 436 g/mol. The van der Waals surface area contributed by atoms with Crippen molar-refractivity contribution in [3.05, 3.63) is 59.7 Å². The van der Waals surface area contributed by atoms with Gasteiger partial charge in [0.2, 0.25) is 11.8 Å². The fraction of sp³-hybridized carbons (Fsp3) is 0.462. The number of fused-ring (bicyclic) bond motifs is 1. The molecule has 0 unspecified atom stereocenters. The number of nitrogens with zero attached hydrogens (tertiary/aromatic N) is 2. The zero-order valence-corrected chi connectivity index (χ0v) is 19.2. The van der Waals surface area contributed by atoms with Crippen molar-refractivity contribution in [2.75, 3.05) is 20.7 Å². The summed E-state index contributed by atoms with van der Waals surface area (Å²) in [5.74, 6) is 1.85. The lowest BCUT2D eigenvalue weighted by atomic mass is 9.81. The Bertz CT molecular complexity index is 964. The number of carbonyl (C=O) groups is 2. The van der Waals surface area contributed by atoms with Crippen molar-refractivity contribution in [2.45, 2.75) is 57.2 Å². The van der Waals surface area contributed by atoms with Gasteiger partial charge in [-0.05, 0) is 49.4 Å². The molecule has 6 heteroatoms. The Balaban J connectivity index is 1.41. The van der Waals surface area contributed by atoms with E-state index in [0.29, 0.717) is 19.5 Å². The molecule has 0 bridgehead atoms. The van der Waals surface area contributed by atoms with E-state index in [4.69, 9.17) is 9.47 Å². The molecule has 0 saturated heterocycles. The zero-order chi connectivity index (χ0) is 22.7. The summed E-state index contributed by atoms with van der Waals surface area (Å²) in [6, 6.07) is 15.8. The predicted octanol–water partition coefficient (Wildman–Crippen LogP) is 3.82. The van der Waals surface area contributed by atoms with Gasteiger partial charge in [-0.25, -0.2) is 0 Å². The van der Waals surface area contributed by atoms with Crippen molar-refractivity contribution in [3.8, 4) is 11.5 Å². The highest BCUT2D eigenvalue weighted by Gasteiger charge is 2.42. The third-order valence-electron chi connectivity index (χ3n) is 6.91. The summed E-state index contributed by atoms with van der Waals surface area (Å²) in [5, 5.41) is 0. The van der Waals surface area contributed by atoms with Crippen LogP contribution >= 0.6 is 0 Å². The quantitative estimate of drug-likeness (QED) is 0.731. The van der Waals surface area contributed by atoms with Crippen LogP contribution in [0.1, 0.15) is 43.7 Å². The van der Waals surface area contributed by atoms with E-state index in [1.165, 1.54) is 0 Å². The van der Waals surface area contributed by atoms with Crippen LogP contribution in [0.25, 0.3) is 0 Å². The maximum absolute atomic E-state index is 12.9. The molecule has 2 aliphatic rings. The Morgan fingerprint density at radius 2 is 1.81 bits per heavy atom. The van der Waals surface area contributed by atoms with Crippen LogP contribution in [0.3, 0.4) is 0 Å². The second kappa shape index (κ2) is 9.23. The molecule has 0 atom stereocenters. The molecule has 2 aromatic rings. The minimum atomic E-state index is -0.394. The SMILES string of the molecule is COc1ccc(CC(=O)N(C)C2CCC3(CC2)CN(C(C)=O)Cc2ccccc2O3)cc1. The molecule has 0 radical (unpaired) electrons. The first-order valence-corrected chi connectivity index (χ1v) is 11.3. The zero-order valence-electron chi connectivity index (χ0n) is 19.2. The third-order valence-corrected chi connectivity index (χ3v) is 6.91. The van der Waals surface area contributed by atoms with E-state index in [1.54, 1.807) is 14.0 Å². The summed E-state index contributed by atoms with van der Waals surface area (Å²) in [6.07, 6.45) is 3.73. The number of hydrogen-bond donors (Lipinski definition) is 0. The maximum Gasteiger partial charge on any atom is 0.226 e. The fourth-order valence-corrected chi connectivity index (χ4v) is 4.85. The second-order valence-electron chi connectivity index (χ2n) is 9.03. The number of carbonyl (C=O) groups excluding carboxylic acids is 2. The number of hydrogen-bond acceptors (Lipinski definition) is 4. The maximum atomic E-state index is 12.9. The molecule has 1 saturated carbocycles. The van der Waals surface area contributed by atoms with E-state index in [2.05, 4.69) is 0 Å². The molecule has 1 aliphatic heterocycles. The molecule has 170 valence electrons. The largest absolute Gasteiger partial charge is 0.497 e. The average molecular weight is 437 g/mol. The lowest BCUT2D eigenvalue weighted by molar-refractivity contribution is -0.134. The number of rotatable bonds is 4. The smallest absolute Gasteiger partial charge is 0.226 e. The normalized spacial score (nSPS) is 22.5. The van der Waals surface area contributed by atoms with E-state index >= 15 is 0 Å². The Morgan fingerprint density at radius 3 is 2.47 bits per heavy atom. The van der Waals surface area contributed by atoms with Gasteiger partial charge in [-0.1, -0.05) is 30.3 Å². The summed E-state index contributed by atoms with van der Waals surface area (Å²) >= 11 is 0. The number of amides is 2. The van der Waals surface area contributed by atoms with Gasteiger partial charge in [0.25, 0.3) is 0 Å². The van der Waals surface area contributed by atoms with Gasteiger partial charge in [-0.3, -0.25) is 9.59 Å². The van der Waals surface area contributed by atoms with Gasteiger partial charge in [-0.2, -0.15) is 0 Å². The number of methoxy groups -OCH3 is 1. The standard InChI is InChI=1S/C26H32N2O4/c1-19(29)28-17-21-6-4-5-7-24(21)32-26(18-28)14-12-22(13-15-26)27(2)25(30)16-20-8-10-23(31-3)11-9-20/h4-11,22H,12-18H2,1-3H3. The van der Waals surface area contributed by atoms with Crippen LogP contribution in [0.4, 0.5) is 0 Å². The lowest BCUT2D eigenvalue weighted by Crippen LogP contribution is -2.52. The molecule has 0 N–H and O–H groups in total. The van der Waals surface area contributed by atoms with Crippen molar-refractivity contribution in [1.29, 1.82) is 0 Å². The Hall–Kier alpha value is -3.02. The highest BCUT2D eigenvalue weighted by molar-refractivity contribution is 5.79. The number of para-hydroxylation sites is 1. The first kappa shape index (κ1) is 22.2. The Labute approximate surface area is 190 Å². The van der Waals surface area contributed by atoms with Crippen LogP contribution in [-0.4, -0.2) is 54.0 Å². The summed E-state index contributed by atoms with van der Waals surface area (Å²) in [4.78, 5) is 29.0. The highest BCUT2D eigenvalue weighted by Crippen LogP contribution is 2.39. The Kier molecular flexibility index (Phi) is 6.40. The number of benzene rings is 2. The van der Waals surface area contributed by atoms with Crippen LogP contribution in [0.5, 0.6) is 11.5 Å². The van der Waals surface area contributed by atoms with Crippen LogP contribution in [0, 0.1) is 0 Å². The minimum absolute atomic E-state index is 0.0681. The van der Waals surface area contributed by atoms with Crippen LogP contribution in [-0.2, 0) is 22.6 Å². The first-order chi connectivity index (χ1) is 15.4. The molecule has 1 fully saturated rings. The van der Waals surface area contributed by atoms with Crippen molar-refractivity contribution in [3.63, 3.8) is 0 Å². The molecule has 1 heterocycles. The third kappa shape index (κ3) is 4.74. The van der Waals surface area contributed by atoms with Gasteiger partial charge >= 0.3 is 0 Å². The minimum Gasteiger partial charge on any atom is -0.497 e. The molecular formula is C26H32N2O4. The second-order valence-corrected chi connectivity index (χ2v) is 9.03. The van der Waals surface area contributed by atoms with Gasteiger partial charge in [0.05, 0.1) is 20.1 Å². The molecule has 2 aromatic carbocycles.